The minimum absolute atomic E-state index is 0.0402. The van der Waals surface area contributed by atoms with Gasteiger partial charge in [0, 0.05) is 36.5 Å². The Hall–Kier alpha value is -3.88. The van der Waals surface area contributed by atoms with E-state index in [9.17, 15) is 19.5 Å². The summed E-state index contributed by atoms with van der Waals surface area (Å²) >= 11 is 0. The third kappa shape index (κ3) is 3.87. The molecule has 1 aliphatic carbocycles. The van der Waals surface area contributed by atoms with E-state index >= 15 is 0 Å². The third-order valence-corrected chi connectivity index (χ3v) is 6.16. The van der Waals surface area contributed by atoms with E-state index in [1.165, 1.54) is 21.4 Å². The van der Waals surface area contributed by atoms with Crippen LogP contribution in [0, 0.1) is 5.92 Å². The number of rotatable bonds is 6. The fourth-order valence-electron chi connectivity index (χ4n) is 4.37. The van der Waals surface area contributed by atoms with Gasteiger partial charge in [-0.05, 0) is 42.9 Å². The highest BCUT2D eigenvalue weighted by Crippen LogP contribution is 2.28. The highest BCUT2D eigenvalue weighted by atomic mass is 16.3. The number of carbonyl (C=O) groups is 2. The maximum Gasteiger partial charge on any atom is 0.270 e. The summed E-state index contributed by atoms with van der Waals surface area (Å²) < 4.78 is 2.65. The van der Waals surface area contributed by atoms with E-state index in [4.69, 9.17) is 0 Å². The second-order valence-electron chi connectivity index (χ2n) is 9.29. The lowest BCUT2D eigenvalue weighted by molar-refractivity contribution is -0.114. The van der Waals surface area contributed by atoms with Gasteiger partial charge in [-0.2, -0.15) is 9.61 Å². The zero-order valence-corrected chi connectivity index (χ0v) is 19.2. The van der Waals surface area contributed by atoms with Crippen molar-refractivity contribution in [3.05, 3.63) is 63.6 Å². The lowest BCUT2D eigenvalue weighted by atomic mass is 10.2. The molecule has 2 aliphatic rings. The number of carbonyl (C=O) groups excluding carboxylic acids is 2. The standard InChI is InChI=1S/C25H27N5O4/c1-15(2)14-29-23-17(7-10-20(31)28-12-11-16-5-3-4-6-19(16)28)13-26-30(23)25(34)21(24(29)33)22(32)27-18-8-9-18/h3-7,10,13,15,18,34H,8-9,11-12,14H2,1-2H3,(H,27,32). The normalized spacial score (nSPS) is 15.4. The van der Waals surface area contributed by atoms with Crippen molar-refractivity contribution < 1.29 is 14.7 Å². The van der Waals surface area contributed by atoms with Crippen molar-refractivity contribution in [3.8, 4) is 5.88 Å². The molecule has 1 saturated carbocycles. The summed E-state index contributed by atoms with van der Waals surface area (Å²) in [5, 5.41) is 17.8. The monoisotopic (exact) mass is 461 g/mol. The Morgan fingerprint density at radius 3 is 2.76 bits per heavy atom. The summed E-state index contributed by atoms with van der Waals surface area (Å²) in [5.41, 5.74) is 1.98. The molecule has 1 aliphatic heterocycles. The minimum Gasteiger partial charge on any atom is -0.492 e. The van der Waals surface area contributed by atoms with Gasteiger partial charge < -0.3 is 15.3 Å². The first-order valence-corrected chi connectivity index (χ1v) is 11.6. The molecule has 0 unspecified atom stereocenters. The molecule has 34 heavy (non-hydrogen) atoms. The smallest absolute Gasteiger partial charge is 0.270 e. The van der Waals surface area contributed by atoms with E-state index in [-0.39, 0.29) is 23.4 Å². The van der Waals surface area contributed by atoms with Gasteiger partial charge in [-0.3, -0.25) is 19.0 Å². The molecule has 0 radical (unpaired) electrons. The molecule has 3 aromatic rings. The van der Waals surface area contributed by atoms with Crippen molar-refractivity contribution in [1.82, 2.24) is 19.5 Å². The molecule has 0 atom stereocenters. The second kappa shape index (κ2) is 8.48. The summed E-state index contributed by atoms with van der Waals surface area (Å²) in [7, 11) is 0. The van der Waals surface area contributed by atoms with E-state index in [1.807, 2.05) is 38.1 Å². The Balaban J connectivity index is 1.54. The molecule has 9 heteroatoms. The van der Waals surface area contributed by atoms with Gasteiger partial charge in [-0.25, -0.2) is 0 Å². The van der Waals surface area contributed by atoms with Crippen LogP contribution in [0.5, 0.6) is 5.88 Å². The van der Waals surface area contributed by atoms with Crippen LogP contribution in [0.25, 0.3) is 11.7 Å². The topological polar surface area (TPSA) is 109 Å². The maximum absolute atomic E-state index is 13.3. The molecule has 1 aromatic carbocycles. The van der Waals surface area contributed by atoms with Crippen LogP contribution in [-0.2, 0) is 17.8 Å². The minimum atomic E-state index is -0.597. The first-order chi connectivity index (χ1) is 16.3. The molecule has 5 rings (SSSR count). The molecular weight excluding hydrogens is 434 g/mol. The molecule has 9 nitrogen and oxygen atoms in total. The Morgan fingerprint density at radius 2 is 2.03 bits per heavy atom. The van der Waals surface area contributed by atoms with Crippen molar-refractivity contribution in [2.24, 2.45) is 5.92 Å². The van der Waals surface area contributed by atoms with Crippen molar-refractivity contribution in [2.45, 2.75) is 45.7 Å². The predicted octanol–water partition coefficient (Wildman–Crippen LogP) is 2.35. The van der Waals surface area contributed by atoms with E-state index in [0.29, 0.717) is 24.3 Å². The Bertz CT molecular complexity index is 1380. The lowest BCUT2D eigenvalue weighted by Gasteiger charge is -2.16. The average molecular weight is 462 g/mol. The average Bonchev–Trinajstić information content (AvgIpc) is 3.34. The zero-order chi connectivity index (χ0) is 24.0. The van der Waals surface area contributed by atoms with Gasteiger partial charge in [0.15, 0.2) is 5.56 Å². The van der Waals surface area contributed by atoms with Crippen LogP contribution < -0.4 is 15.8 Å². The molecule has 176 valence electrons. The molecule has 0 bridgehead atoms. The van der Waals surface area contributed by atoms with E-state index in [0.717, 1.165) is 30.5 Å². The highest BCUT2D eigenvalue weighted by Gasteiger charge is 2.30. The maximum atomic E-state index is 13.3. The second-order valence-corrected chi connectivity index (χ2v) is 9.29. The first-order valence-electron chi connectivity index (χ1n) is 11.6. The summed E-state index contributed by atoms with van der Waals surface area (Å²) in [6.45, 7) is 4.85. The van der Waals surface area contributed by atoms with E-state index < -0.39 is 17.3 Å². The summed E-state index contributed by atoms with van der Waals surface area (Å²) in [6.07, 6.45) is 7.07. The predicted molar refractivity (Wildman–Crippen MR) is 128 cm³/mol. The SMILES string of the molecule is CC(C)Cn1c(=O)c(C(=O)NC2CC2)c(O)n2ncc(C=CC(=O)N3CCc4ccccc43)c12. The molecule has 0 saturated heterocycles. The van der Waals surface area contributed by atoms with Crippen LogP contribution in [0.3, 0.4) is 0 Å². The number of fused-ring (bicyclic) bond motifs is 2. The van der Waals surface area contributed by atoms with Crippen LogP contribution in [0.4, 0.5) is 5.69 Å². The van der Waals surface area contributed by atoms with Crippen molar-refractivity contribution in [2.75, 3.05) is 11.4 Å². The number of aromatic nitrogens is 3. The highest BCUT2D eigenvalue weighted by molar-refractivity contribution is 6.05. The zero-order valence-electron chi connectivity index (χ0n) is 19.2. The number of nitrogens with one attached hydrogen (secondary N) is 1. The summed E-state index contributed by atoms with van der Waals surface area (Å²) in [6, 6.07) is 7.85. The van der Waals surface area contributed by atoms with Crippen molar-refractivity contribution in [1.29, 1.82) is 0 Å². The Morgan fingerprint density at radius 1 is 1.26 bits per heavy atom. The number of nitrogens with zero attached hydrogens (tertiary/aromatic N) is 4. The fraction of sp³-hybridized carbons (Fsp3) is 0.360. The van der Waals surface area contributed by atoms with E-state index in [2.05, 4.69) is 10.4 Å². The Kier molecular flexibility index (Phi) is 5.47. The van der Waals surface area contributed by atoms with Gasteiger partial charge >= 0.3 is 0 Å². The molecule has 2 aromatic heterocycles. The number of hydrogen-bond donors (Lipinski definition) is 2. The van der Waals surface area contributed by atoms with Gasteiger partial charge in [0.25, 0.3) is 17.4 Å². The summed E-state index contributed by atoms with van der Waals surface area (Å²) in [5.74, 6) is -1.18. The third-order valence-electron chi connectivity index (χ3n) is 6.16. The van der Waals surface area contributed by atoms with Gasteiger partial charge in [0.2, 0.25) is 5.88 Å². The van der Waals surface area contributed by atoms with Crippen LogP contribution >= 0.6 is 0 Å². The lowest BCUT2D eigenvalue weighted by Crippen LogP contribution is -2.36. The van der Waals surface area contributed by atoms with Crippen molar-refractivity contribution >= 4 is 29.2 Å². The number of anilines is 1. The molecule has 2 amide bonds. The Labute approximate surface area is 196 Å². The molecule has 2 N–H and O–H groups in total. The van der Waals surface area contributed by atoms with Crippen LogP contribution in [0.2, 0.25) is 0 Å². The van der Waals surface area contributed by atoms with Gasteiger partial charge in [-0.15, -0.1) is 0 Å². The number of aromatic hydroxyl groups is 1. The number of para-hydroxylation sites is 1. The van der Waals surface area contributed by atoms with Crippen LogP contribution in [0.1, 0.15) is 48.2 Å². The first kappa shape index (κ1) is 21.9. The van der Waals surface area contributed by atoms with Crippen LogP contribution in [-0.4, -0.2) is 43.7 Å². The van der Waals surface area contributed by atoms with Crippen LogP contribution in [0.15, 0.2) is 41.3 Å². The number of hydrogen-bond acceptors (Lipinski definition) is 5. The van der Waals surface area contributed by atoms with Gasteiger partial charge in [0.1, 0.15) is 5.65 Å². The molecule has 3 heterocycles. The molecular formula is C25H27N5O4. The molecule has 1 fully saturated rings. The van der Waals surface area contributed by atoms with E-state index in [1.54, 1.807) is 11.0 Å². The van der Waals surface area contributed by atoms with Crippen molar-refractivity contribution in [3.63, 3.8) is 0 Å². The van der Waals surface area contributed by atoms with Gasteiger partial charge in [0.05, 0.1) is 6.20 Å². The quantitative estimate of drug-likeness (QED) is 0.548. The number of benzene rings is 1. The summed E-state index contributed by atoms with van der Waals surface area (Å²) in [4.78, 5) is 40.7. The largest absolute Gasteiger partial charge is 0.492 e. The number of amides is 2. The molecule has 0 spiro atoms. The fourth-order valence-corrected chi connectivity index (χ4v) is 4.37. The van der Waals surface area contributed by atoms with Gasteiger partial charge in [-0.1, -0.05) is 32.0 Å².